The van der Waals surface area contributed by atoms with Gasteiger partial charge in [-0.2, -0.15) is 0 Å². The quantitative estimate of drug-likeness (QED) is 0.832. The van der Waals surface area contributed by atoms with E-state index in [4.69, 9.17) is 0 Å². The second-order valence-electron chi connectivity index (χ2n) is 9.59. The SMILES string of the molecule is CN1C2CCCC1CC(NC1C(C)(C)[C@H]3CC[C@]1(C)C3)C2. The lowest BCUT2D eigenvalue weighted by molar-refractivity contribution is 0.0256. The van der Waals surface area contributed by atoms with Crippen LogP contribution >= 0.6 is 0 Å². The third-order valence-electron chi connectivity index (χ3n) is 8.01. The lowest BCUT2D eigenvalue weighted by atomic mass is 9.67. The first kappa shape index (κ1) is 14.5. The molecule has 120 valence electrons. The average Bonchev–Trinajstić information content (AvgIpc) is 2.87. The Balaban J connectivity index is 1.49. The maximum absolute atomic E-state index is 4.20. The van der Waals surface area contributed by atoms with Gasteiger partial charge in [-0.3, -0.25) is 0 Å². The predicted molar refractivity (Wildman–Crippen MR) is 88.4 cm³/mol. The minimum absolute atomic E-state index is 0.505. The van der Waals surface area contributed by atoms with Gasteiger partial charge in [0, 0.05) is 24.2 Å². The van der Waals surface area contributed by atoms with Crippen molar-refractivity contribution in [2.45, 2.75) is 96.3 Å². The van der Waals surface area contributed by atoms with Crippen molar-refractivity contribution in [1.29, 1.82) is 0 Å². The lowest BCUT2D eigenvalue weighted by Crippen LogP contribution is -2.60. The molecule has 4 fully saturated rings. The van der Waals surface area contributed by atoms with E-state index in [1.807, 2.05) is 0 Å². The first-order valence-electron chi connectivity index (χ1n) is 9.38. The monoisotopic (exact) mass is 290 g/mol. The Hall–Kier alpha value is -0.0800. The molecule has 0 aromatic rings. The summed E-state index contributed by atoms with van der Waals surface area (Å²) in [7, 11) is 2.37. The van der Waals surface area contributed by atoms with Crippen LogP contribution in [0.4, 0.5) is 0 Å². The van der Waals surface area contributed by atoms with Gasteiger partial charge in [0.05, 0.1) is 0 Å². The topological polar surface area (TPSA) is 15.3 Å². The highest BCUT2D eigenvalue weighted by Crippen LogP contribution is 2.62. The smallest absolute Gasteiger partial charge is 0.0177 e. The van der Waals surface area contributed by atoms with Crippen molar-refractivity contribution in [2.75, 3.05) is 7.05 Å². The zero-order valence-corrected chi connectivity index (χ0v) is 14.5. The third-order valence-corrected chi connectivity index (χ3v) is 8.01. The van der Waals surface area contributed by atoms with Gasteiger partial charge in [0.2, 0.25) is 0 Å². The number of hydrogen-bond donors (Lipinski definition) is 1. The normalized spacial score (nSPS) is 52.3. The fraction of sp³-hybridized carbons (Fsp3) is 1.00. The van der Waals surface area contributed by atoms with E-state index in [-0.39, 0.29) is 0 Å². The van der Waals surface area contributed by atoms with E-state index in [9.17, 15) is 0 Å². The highest BCUT2D eigenvalue weighted by Gasteiger charge is 2.59. The molecule has 0 amide bonds. The van der Waals surface area contributed by atoms with Crippen LogP contribution in [0.3, 0.4) is 0 Å². The molecule has 0 aromatic carbocycles. The molecule has 4 rings (SSSR count). The van der Waals surface area contributed by atoms with Crippen LogP contribution < -0.4 is 5.32 Å². The van der Waals surface area contributed by atoms with Crippen molar-refractivity contribution in [3.8, 4) is 0 Å². The molecule has 2 heterocycles. The Morgan fingerprint density at radius 3 is 2.24 bits per heavy atom. The van der Waals surface area contributed by atoms with Gasteiger partial charge in [0.25, 0.3) is 0 Å². The second-order valence-corrected chi connectivity index (χ2v) is 9.59. The number of fused-ring (bicyclic) bond motifs is 4. The van der Waals surface area contributed by atoms with Gasteiger partial charge in [-0.05, 0) is 68.7 Å². The zero-order valence-electron chi connectivity index (χ0n) is 14.5. The van der Waals surface area contributed by atoms with Crippen LogP contribution in [0.25, 0.3) is 0 Å². The molecule has 3 unspecified atom stereocenters. The number of piperidine rings is 2. The molecule has 0 radical (unpaired) electrons. The van der Waals surface area contributed by atoms with Crippen LogP contribution in [0.15, 0.2) is 0 Å². The third kappa shape index (κ3) is 2.12. The highest BCUT2D eigenvalue weighted by molar-refractivity contribution is 5.13. The summed E-state index contributed by atoms with van der Waals surface area (Å²) >= 11 is 0. The van der Waals surface area contributed by atoms with Crippen molar-refractivity contribution >= 4 is 0 Å². The molecule has 2 saturated heterocycles. The summed E-state index contributed by atoms with van der Waals surface area (Å²) in [6, 6.07) is 3.23. The van der Waals surface area contributed by atoms with E-state index in [1.165, 1.54) is 51.4 Å². The molecule has 1 N–H and O–H groups in total. The van der Waals surface area contributed by atoms with Crippen molar-refractivity contribution in [2.24, 2.45) is 16.7 Å². The Bertz CT molecular complexity index is 399. The molecule has 0 spiro atoms. The summed E-state index contributed by atoms with van der Waals surface area (Å²) in [4.78, 5) is 2.69. The van der Waals surface area contributed by atoms with Gasteiger partial charge in [0.15, 0.2) is 0 Å². The molecule has 4 bridgehead atoms. The van der Waals surface area contributed by atoms with Crippen molar-refractivity contribution in [3.63, 3.8) is 0 Å². The molecule has 2 heteroatoms. The minimum atomic E-state index is 0.505. The lowest BCUT2D eigenvalue weighted by Gasteiger charge is -2.51. The first-order valence-corrected chi connectivity index (χ1v) is 9.38. The molecule has 4 aliphatic rings. The summed E-state index contributed by atoms with van der Waals surface area (Å²) < 4.78 is 0. The van der Waals surface area contributed by atoms with Crippen LogP contribution in [0.5, 0.6) is 0 Å². The van der Waals surface area contributed by atoms with Crippen molar-refractivity contribution < 1.29 is 0 Å². The van der Waals surface area contributed by atoms with Crippen molar-refractivity contribution in [3.05, 3.63) is 0 Å². The Labute approximate surface area is 131 Å². The van der Waals surface area contributed by atoms with E-state index in [1.54, 1.807) is 0 Å². The van der Waals surface area contributed by atoms with Gasteiger partial charge < -0.3 is 10.2 Å². The highest BCUT2D eigenvalue weighted by atomic mass is 15.2. The molecular formula is C19H34N2. The van der Waals surface area contributed by atoms with E-state index in [0.717, 1.165) is 30.1 Å². The minimum Gasteiger partial charge on any atom is -0.310 e. The first-order chi connectivity index (χ1) is 9.90. The number of hydrogen-bond acceptors (Lipinski definition) is 2. The number of nitrogens with one attached hydrogen (secondary N) is 1. The predicted octanol–water partition coefficient (Wildman–Crippen LogP) is 3.81. The molecule has 2 nitrogen and oxygen atoms in total. The van der Waals surface area contributed by atoms with Gasteiger partial charge in [-0.25, -0.2) is 0 Å². The molecule has 5 atom stereocenters. The molecule has 2 aliphatic heterocycles. The summed E-state index contributed by atoms with van der Waals surface area (Å²) in [6.07, 6.45) is 11.5. The second kappa shape index (κ2) is 4.71. The van der Waals surface area contributed by atoms with E-state index >= 15 is 0 Å². The van der Waals surface area contributed by atoms with E-state index in [2.05, 4.69) is 38.0 Å². The zero-order chi connectivity index (χ0) is 14.8. The molecule has 0 aromatic heterocycles. The molecular weight excluding hydrogens is 256 g/mol. The summed E-state index contributed by atoms with van der Waals surface area (Å²) in [6.45, 7) is 7.64. The van der Waals surface area contributed by atoms with Crippen LogP contribution in [0.1, 0.15) is 72.1 Å². The summed E-state index contributed by atoms with van der Waals surface area (Å²) in [5, 5.41) is 4.20. The Morgan fingerprint density at radius 2 is 1.67 bits per heavy atom. The van der Waals surface area contributed by atoms with Gasteiger partial charge >= 0.3 is 0 Å². The van der Waals surface area contributed by atoms with E-state index in [0.29, 0.717) is 10.8 Å². The number of rotatable bonds is 2. The standard InChI is InChI=1S/C19H34N2/c1-18(2)13-8-9-19(3,12-13)17(18)20-14-10-15-6-5-7-16(11-14)21(15)4/h13-17,20H,5-12H2,1-4H3/t13-,14?,15?,16?,17?,19+/m0/s1. The van der Waals surface area contributed by atoms with Crippen LogP contribution in [-0.4, -0.2) is 36.1 Å². The average molecular weight is 290 g/mol. The van der Waals surface area contributed by atoms with Crippen LogP contribution in [0.2, 0.25) is 0 Å². The fourth-order valence-electron chi connectivity index (χ4n) is 6.71. The van der Waals surface area contributed by atoms with Crippen LogP contribution in [-0.2, 0) is 0 Å². The molecule has 2 aliphatic carbocycles. The van der Waals surface area contributed by atoms with Crippen LogP contribution in [0, 0.1) is 16.7 Å². The fourth-order valence-corrected chi connectivity index (χ4v) is 6.71. The Morgan fingerprint density at radius 1 is 1.00 bits per heavy atom. The summed E-state index contributed by atoms with van der Waals surface area (Å²) in [5.41, 5.74) is 1.08. The van der Waals surface area contributed by atoms with Gasteiger partial charge in [-0.15, -0.1) is 0 Å². The summed E-state index contributed by atoms with van der Waals surface area (Å²) in [5.74, 6) is 0.964. The van der Waals surface area contributed by atoms with Crippen molar-refractivity contribution in [1.82, 2.24) is 10.2 Å². The largest absolute Gasteiger partial charge is 0.310 e. The maximum atomic E-state index is 4.20. The molecule has 2 saturated carbocycles. The number of nitrogens with zero attached hydrogens (tertiary/aromatic N) is 1. The Kier molecular flexibility index (Phi) is 3.25. The van der Waals surface area contributed by atoms with Gasteiger partial charge in [-0.1, -0.05) is 27.2 Å². The molecule has 21 heavy (non-hydrogen) atoms. The van der Waals surface area contributed by atoms with Gasteiger partial charge in [0.1, 0.15) is 0 Å². The maximum Gasteiger partial charge on any atom is 0.0177 e. The van der Waals surface area contributed by atoms with E-state index < -0.39 is 0 Å².